The zero-order valence-electron chi connectivity index (χ0n) is 26.6. The number of aryl methyl sites for hydroxylation is 1. The number of nitrogens with zero attached hydrogens (tertiary/aromatic N) is 3. The number of likely N-dealkylation sites (tertiary alicyclic amines) is 1. The van der Waals surface area contributed by atoms with Crippen LogP contribution in [0.5, 0.6) is 5.88 Å². The molecule has 3 aromatic rings. The number of alkyl halides is 3. The Hall–Kier alpha value is -3.90. The molecular weight excluding hydrogens is 603 g/mol. The molecule has 46 heavy (non-hydrogen) atoms. The molecule has 1 amide bonds. The minimum atomic E-state index is -4.65. The summed E-state index contributed by atoms with van der Waals surface area (Å²) in [6.45, 7) is 5.65. The van der Waals surface area contributed by atoms with Gasteiger partial charge in [0.05, 0.1) is 31.4 Å². The molecule has 2 fully saturated rings. The van der Waals surface area contributed by atoms with E-state index >= 15 is 0 Å². The molecule has 0 spiro atoms. The van der Waals surface area contributed by atoms with E-state index in [1.54, 1.807) is 0 Å². The number of hydrogen-bond donors (Lipinski definition) is 1. The van der Waals surface area contributed by atoms with E-state index in [0.29, 0.717) is 24.8 Å². The van der Waals surface area contributed by atoms with E-state index in [9.17, 15) is 27.9 Å². The lowest BCUT2D eigenvalue weighted by Crippen LogP contribution is -2.51. The van der Waals surface area contributed by atoms with Gasteiger partial charge in [0, 0.05) is 43.7 Å². The van der Waals surface area contributed by atoms with E-state index in [-0.39, 0.29) is 18.1 Å². The van der Waals surface area contributed by atoms with E-state index in [1.165, 1.54) is 12.0 Å². The van der Waals surface area contributed by atoms with Gasteiger partial charge in [-0.2, -0.15) is 13.2 Å². The predicted molar refractivity (Wildman–Crippen MR) is 163 cm³/mol. The molecule has 0 aliphatic carbocycles. The van der Waals surface area contributed by atoms with Crippen molar-refractivity contribution in [3.8, 4) is 17.0 Å². The first-order chi connectivity index (χ1) is 21.7. The number of hydrogen-bond acceptors (Lipinski definition) is 6. The molecule has 2 aromatic heterocycles. The summed E-state index contributed by atoms with van der Waals surface area (Å²) in [6, 6.07) is 8.06. The predicted octanol–water partition coefficient (Wildman–Crippen LogP) is 6.27. The second-order valence-corrected chi connectivity index (χ2v) is 13.0. The second-order valence-electron chi connectivity index (χ2n) is 13.0. The fourth-order valence-electron chi connectivity index (χ4n) is 6.82. The number of rotatable bonds is 8. The first kappa shape index (κ1) is 33.5. The van der Waals surface area contributed by atoms with Crippen molar-refractivity contribution in [3.63, 3.8) is 0 Å². The standard InChI is InChI=1S/C34H40F3N3O6/c1-33(2,3)26-28(32(42)43)40(31(41)25-12-8-9-15-45-25)27(24-11-7-6-10-23(24)20-13-14-39(4)18-20)29(26)46-19-21-16-22(34(35,36)37)17-38-30(21)44-5/h6-7,10-11,13-14,16-18,25-29H,8-9,12,15,19H2,1-5H3,(H,42,43)/t25-,26+,27-,28-,29-/m0/s1. The molecule has 5 rings (SSSR count). The van der Waals surface area contributed by atoms with E-state index in [2.05, 4.69) is 4.98 Å². The molecule has 1 N–H and O–H groups in total. The number of ether oxygens (including phenoxy) is 3. The zero-order chi connectivity index (χ0) is 33.4. The van der Waals surface area contributed by atoms with Crippen LogP contribution in [-0.2, 0) is 38.9 Å². The lowest BCUT2D eigenvalue weighted by atomic mass is 9.73. The summed E-state index contributed by atoms with van der Waals surface area (Å²) in [5.74, 6) is -2.46. The van der Waals surface area contributed by atoms with Gasteiger partial charge in [0.15, 0.2) is 0 Å². The number of aliphatic carboxylic acids is 1. The highest BCUT2D eigenvalue weighted by molar-refractivity contribution is 5.88. The van der Waals surface area contributed by atoms with Crippen LogP contribution >= 0.6 is 0 Å². The summed E-state index contributed by atoms with van der Waals surface area (Å²) in [7, 11) is 3.19. The second kappa shape index (κ2) is 13.1. The highest BCUT2D eigenvalue weighted by Gasteiger charge is 2.60. The molecular formula is C34H40F3N3O6. The van der Waals surface area contributed by atoms with Crippen molar-refractivity contribution >= 4 is 11.9 Å². The van der Waals surface area contributed by atoms with E-state index in [4.69, 9.17) is 14.2 Å². The molecule has 12 heteroatoms. The molecule has 1 aromatic carbocycles. The Morgan fingerprint density at radius 2 is 1.87 bits per heavy atom. The number of pyridine rings is 1. The lowest BCUT2D eigenvalue weighted by molar-refractivity contribution is -0.159. The number of carboxylic acid groups (broad SMARTS) is 1. The zero-order valence-corrected chi connectivity index (χ0v) is 26.6. The Kier molecular flexibility index (Phi) is 9.51. The molecule has 248 valence electrons. The van der Waals surface area contributed by atoms with Gasteiger partial charge in [0.1, 0.15) is 12.1 Å². The SMILES string of the molecule is COc1ncc(C(F)(F)F)cc1CO[C@H]1[C@H](C(C)(C)C)[C@@H](C(=O)O)N(C(=O)[C@@H]2CCCCO2)[C@H]1c1ccccc1-c1ccn(C)c1. The maximum atomic E-state index is 14.4. The molecule has 0 bridgehead atoms. The summed E-state index contributed by atoms with van der Waals surface area (Å²) < 4.78 is 60.6. The summed E-state index contributed by atoms with van der Waals surface area (Å²) in [4.78, 5) is 32.9. The van der Waals surface area contributed by atoms with Crippen molar-refractivity contribution < 1.29 is 42.1 Å². The molecule has 9 nitrogen and oxygen atoms in total. The van der Waals surface area contributed by atoms with Crippen LogP contribution in [0.3, 0.4) is 0 Å². The number of amides is 1. The molecule has 4 heterocycles. The summed E-state index contributed by atoms with van der Waals surface area (Å²) >= 11 is 0. The van der Waals surface area contributed by atoms with Crippen LogP contribution in [0.25, 0.3) is 11.1 Å². The van der Waals surface area contributed by atoms with Crippen molar-refractivity contribution in [1.29, 1.82) is 0 Å². The lowest BCUT2D eigenvalue weighted by Gasteiger charge is -2.35. The fraction of sp³-hybridized carbons (Fsp3) is 0.500. The minimum absolute atomic E-state index is 0.0436. The number of carbonyl (C=O) groups excluding carboxylic acids is 1. The topological polar surface area (TPSA) is 103 Å². The van der Waals surface area contributed by atoms with Gasteiger partial charge >= 0.3 is 12.1 Å². The maximum Gasteiger partial charge on any atom is 0.417 e. The van der Waals surface area contributed by atoms with Crippen molar-refractivity contribution in [1.82, 2.24) is 14.5 Å². The fourth-order valence-corrected chi connectivity index (χ4v) is 6.82. The molecule has 0 unspecified atom stereocenters. The van der Waals surface area contributed by atoms with Gasteiger partial charge in [-0.15, -0.1) is 0 Å². The van der Waals surface area contributed by atoms with Gasteiger partial charge in [-0.05, 0) is 53.5 Å². The summed E-state index contributed by atoms with van der Waals surface area (Å²) in [6.07, 6.45) is 0.102. The van der Waals surface area contributed by atoms with Gasteiger partial charge in [0.2, 0.25) is 5.88 Å². The van der Waals surface area contributed by atoms with Crippen LogP contribution in [0.1, 0.15) is 62.8 Å². The van der Waals surface area contributed by atoms with Gasteiger partial charge in [-0.1, -0.05) is 45.0 Å². The van der Waals surface area contributed by atoms with Crippen LogP contribution in [0.2, 0.25) is 0 Å². The van der Waals surface area contributed by atoms with E-state index in [1.807, 2.05) is 75.1 Å². The Bertz CT molecular complexity index is 1560. The summed E-state index contributed by atoms with van der Waals surface area (Å²) in [5.41, 5.74) is 0.662. The Labute approximate surface area is 266 Å². The molecule has 2 aliphatic rings. The van der Waals surface area contributed by atoms with Crippen LogP contribution < -0.4 is 4.74 Å². The number of aromatic nitrogens is 2. The number of carboxylic acids is 1. The minimum Gasteiger partial charge on any atom is -0.481 e. The van der Waals surface area contributed by atoms with Crippen molar-refractivity contribution in [2.75, 3.05) is 13.7 Å². The van der Waals surface area contributed by atoms with Gasteiger partial charge in [-0.25, -0.2) is 9.78 Å². The van der Waals surface area contributed by atoms with E-state index in [0.717, 1.165) is 30.0 Å². The highest BCUT2D eigenvalue weighted by atomic mass is 19.4. The van der Waals surface area contributed by atoms with Gasteiger partial charge in [-0.3, -0.25) is 4.79 Å². The summed E-state index contributed by atoms with van der Waals surface area (Å²) in [5, 5.41) is 10.8. The normalized spacial score (nSPS) is 23.8. The van der Waals surface area contributed by atoms with Crippen LogP contribution in [0.15, 0.2) is 55.0 Å². The van der Waals surface area contributed by atoms with Crippen LogP contribution in [0, 0.1) is 11.3 Å². The first-order valence-electron chi connectivity index (χ1n) is 15.3. The van der Waals surface area contributed by atoms with Crippen LogP contribution in [0.4, 0.5) is 13.2 Å². The molecule has 2 saturated heterocycles. The molecule has 5 atom stereocenters. The van der Waals surface area contributed by atoms with E-state index < -0.39 is 59.2 Å². The average Bonchev–Trinajstić information content (AvgIpc) is 3.61. The average molecular weight is 644 g/mol. The number of benzene rings is 1. The number of carbonyl (C=O) groups is 2. The maximum absolute atomic E-state index is 14.4. The monoisotopic (exact) mass is 643 g/mol. The van der Waals surface area contributed by atoms with Crippen molar-refractivity contribution in [2.45, 2.75) is 77.1 Å². The van der Waals surface area contributed by atoms with Crippen molar-refractivity contribution in [3.05, 3.63) is 71.7 Å². The first-order valence-corrected chi connectivity index (χ1v) is 15.3. The third-order valence-corrected chi connectivity index (χ3v) is 8.87. The third-order valence-electron chi connectivity index (χ3n) is 8.87. The smallest absolute Gasteiger partial charge is 0.417 e. The molecule has 0 saturated carbocycles. The van der Waals surface area contributed by atoms with Crippen molar-refractivity contribution in [2.24, 2.45) is 18.4 Å². The molecule has 2 aliphatic heterocycles. The highest BCUT2D eigenvalue weighted by Crippen LogP contribution is 2.52. The Morgan fingerprint density at radius 1 is 1.13 bits per heavy atom. The third kappa shape index (κ3) is 6.64. The quantitative estimate of drug-likeness (QED) is 0.309. The van der Waals surface area contributed by atoms with Gasteiger partial charge in [0.25, 0.3) is 5.91 Å². The van der Waals surface area contributed by atoms with Crippen LogP contribution in [-0.4, -0.2) is 63.4 Å². The largest absolute Gasteiger partial charge is 0.481 e. The number of methoxy groups -OCH3 is 1. The number of halogens is 3. The Balaban J connectivity index is 1.69. The molecule has 0 radical (unpaired) electrons. The van der Waals surface area contributed by atoms with Gasteiger partial charge < -0.3 is 28.8 Å². The Morgan fingerprint density at radius 3 is 2.46 bits per heavy atom.